The van der Waals surface area contributed by atoms with E-state index in [-0.39, 0.29) is 5.54 Å². The number of rotatable bonds is 2. The van der Waals surface area contributed by atoms with Crippen LogP contribution in [0.5, 0.6) is 0 Å². The Labute approximate surface area is 135 Å². The zero-order chi connectivity index (χ0) is 15.2. The summed E-state index contributed by atoms with van der Waals surface area (Å²) in [5, 5.41) is 1.10. The van der Waals surface area contributed by atoms with Crippen LogP contribution < -0.4 is 4.90 Å². The Hall–Kier alpha value is -1.54. The van der Waals surface area contributed by atoms with Crippen molar-refractivity contribution in [1.82, 2.24) is 14.3 Å². The summed E-state index contributed by atoms with van der Waals surface area (Å²) in [6.45, 7) is 3.59. The molecular formula is C14H14FN5S2. The van der Waals surface area contributed by atoms with Gasteiger partial charge in [-0.3, -0.25) is 4.99 Å². The third kappa shape index (κ3) is 2.21. The molecule has 0 aromatic carbocycles. The van der Waals surface area contributed by atoms with Gasteiger partial charge in [-0.05, 0) is 24.5 Å². The second kappa shape index (κ2) is 5.27. The molecule has 2 aliphatic heterocycles. The van der Waals surface area contributed by atoms with Crippen molar-refractivity contribution >= 4 is 34.3 Å². The summed E-state index contributed by atoms with van der Waals surface area (Å²) in [6.07, 6.45) is 4.26. The minimum atomic E-state index is -0.415. The van der Waals surface area contributed by atoms with E-state index in [1.807, 2.05) is 6.20 Å². The van der Waals surface area contributed by atoms with Crippen LogP contribution in [0.3, 0.4) is 0 Å². The molecule has 2 aliphatic rings. The van der Waals surface area contributed by atoms with Crippen LogP contribution >= 0.6 is 23.3 Å². The standard InChI is InChI=1S/C14H14FN5S2/c1-9-19-14(12-2-3-18-22-12)8-20(6-10(14)7-21-9)13-16-4-11(15)5-17-13/h2-5,10H,6-8H2,1H3/t10-,14-/m0/s1. The Morgan fingerprint density at radius 1 is 1.36 bits per heavy atom. The first-order valence-corrected chi connectivity index (χ1v) is 8.76. The third-order valence-electron chi connectivity index (χ3n) is 4.15. The first kappa shape index (κ1) is 14.1. The molecule has 0 radical (unpaired) electrons. The van der Waals surface area contributed by atoms with E-state index >= 15 is 0 Å². The summed E-state index contributed by atoms with van der Waals surface area (Å²) < 4.78 is 17.3. The molecule has 0 saturated carbocycles. The predicted octanol–water partition coefficient (Wildman–Crippen LogP) is 2.57. The molecule has 1 saturated heterocycles. The number of fused-ring (bicyclic) bond motifs is 1. The van der Waals surface area contributed by atoms with E-state index in [0.717, 1.165) is 17.3 Å². The average Bonchev–Trinajstić information content (AvgIpc) is 3.15. The van der Waals surface area contributed by atoms with Gasteiger partial charge in [0.15, 0.2) is 5.82 Å². The van der Waals surface area contributed by atoms with Crippen molar-refractivity contribution in [3.8, 4) is 0 Å². The minimum Gasteiger partial charge on any atom is -0.338 e. The number of anilines is 1. The molecule has 2 aromatic heterocycles. The molecule has 8 heteroatoms. The smallest absolute Gasteiger partial charge is 0.225 e. The molecule has 0 bridgehead atoms. The van der Waals surface area contributed by atoms with Crippen molar-refractivity contribution in [2.75, 3.05) is 23.7 Å². The molecule has 4 rings (SSSR count). The van der Waals surface area contributed by atoms with Gasteiger partial charge in [-0.25, -0.2) is 18.7 Å². The Bertz CT molecular complexity index is 703. The monoisotopic (exact) mass is 335 g/mol. The first-order chi connectivity index (χ1) is 10.7. The summed E-state index contributed by atoms with van der Waals surface area (Å²) in [7, 11) is 0. The highest BCUT2D eigenvalue weighted by Gasteiger charge is 2.51. The fraction of sp³-hybridized carbons (Fsp3) is 0.429. The van der Waals surface area contributed by atoms with Crippen molar-refractivity contribution in [3.63, 3.8) is 0 Å². The van der Waals surface area contributed by atoms with Gasteiger partial charge in [0.05, 0.1) is 28.9 Å². The quantitative estimate of drug-likeness (QED) is 0.844. The summed E-state index contributed by atoms with van der Waals surface area (Å²) in [4.78, 5) is 16.5. The third-order valence-corrected chi connectivity index (χ3v) is 6.14. The van der Waals surface area contributed by atoms with E-state index in [1.54, 1.807) is 11.8 Å². The van der Waals surface area contributed by atoms with Crippen LogP contribution in [-0.2, 0) is 5.54 Å². The topological polar surface area (TPSA) is 54.3 Å². The first-order valence-electron chi connectivity index (χ1n) is 7.00. The molecular weight excluding hydrogens is 321 g/mol. The molecule has 22 heavy (non-hydrogen) atoms. The molecule has 2 atom stereocenters. The lowest BCUT2D eigenvalue weighted by atomic mass is 9.87. The molecule has 1 fully saturated rings. The highest BCUT2D eigenvalue weighted by molar-refractivity contribution is 8.13. The van der Waals surface area contributed by atoms with Crippen molar-refractivity contribution in [1.29, 1.82) is 0 Å². The maximum atomic E-state index is 13.0. The van der Waals surface area contributed by atoms with Crippen LogP contribution in [0.25, 0.3) is 0 Å². The van der Waals surface area contributed by atoms with Gasteiger partial charge in [0, 0.05) is 24.4 Å². The summed E-state index contributed by atoms with van der Waals surface area (Å²) in [6, 6.07) is 2.06. The lowest BCUT2D eigenvalue weighted by molar-refractivity contribution is 0.395. The zero-order valence-electron chi connectivity index (χ0n) is 11.9. The molecule has 5 nitrogen and oxygen atoms in total. The molecule has 114 valence electrons. The van der Waals surface area contributed by atoms with Gasteiger partial charge in [-0.1, -0.05) is 0 Å². The van der Waals surface area contributed by atoms with E-state index < -0.39 is 5.82 Å². The molecule has 0 amide bonds. The number of nitrogens with zero attached hydrogens (tertiary/aromatic N) is 5. The van der Waals surface area contributed by atoms with E-state index in [0.29, 0.717) is 18.4 Å². The second-order valence-corrected chi connectivity index (χ2v) is 7.57. The number of aliphatic imine (C=N–C) groups is 1. The van der Waals surface area contributed by atoms with Crippen molar-refractivity contribution in [2.45, 2.75) is 12.5 Å². The largest absolute Gasteiger partial charge is 0.338 e. The van der Waals surface area contributed by atoms with Crippen molar-refractivity contribution in [3.05, 3.63) is 35.4 Å². The fourth-order valence-electron chi connectivity index (χ4n) is 3.15. The maximum Gasteiger partial charge on any atom is 0.225 e. The van der Waals surface area contributed by atoms with E-state index in [2.05, 4.69) is 32.2 Å². The van der Waals surface area contributed by atoms with Gasteiger partial charge in [0.1, 0.15) is 5.54 Å². The van der Waals surface area contributed by atoms with Gasteiger partial charge in [0.25, 0.3) is 0 Å². The van der Waals surface area contributed by atoms with Crippen molar-refractivity contribution in [2.24, 2.45) is 10.9 Å². The molecule has 0 N–H and O–H groups in total. The van der Waals surface area contributed by atoms with Crippen molar-refractivity contribution < 1.29 is 4.39 Å². The number of halogens is 1. The van der Waals surface area contributed by atoms with Gasteiger partial charge in [-0.2, -0.15) is 0 Å². The van der Waals surface area contributed by atoms with Crippen LogP contribution in [0.1, 0.15) is 11.8 Å². The van der Waals surface area contributed by atoms with Crippen LogP contribution in [0.15, 0.2) is 29.6 Å². The van der Waals surface area contributed by atoms with Crippen LogP contribution in [0, 0.1) is 11.7 Å². The number of aromatic nitrogens is 3. The normalized spacial score (nSPS) is 27.6. The van der Waals surface area contributed by atoms with Gasteiger partial charge in [-0.15, -0.1) is 11.8 Å². The SMILES string of the molecule is CC1=N[C@@]2(c3ccns3)CN(c3ncc(F)cn3)C[C@H]2CS1. The Morgan fingerprint density at radius 2 is 2.18 bits per heavy atom. The molecule has 2 aromatic rings. The van der Waals surface area contributed by atoms with Crippen LogP contribution in [0.2, 0.25) is 0 Å². The molecule has 4 heterocycles. The lowest BCUT2D eigenvalue weighted by Crippen LogP contribution is -2.37. The summed E-state index contributed by atoms with van der Waals surface area (Å²) in [5.41, 5.74) is -0.270. The second-order valence-electron chi connectivity index (χ2n) is 5.52. The number of hydrogen-bond donors (Lipinski definition) is 0. The summed E-state index contributed by atoms with van der Waals surface area (Å²) >= 11 is 3.30. The van der Waals surface area contributed by atoms with E-state index in [9.17, 15) is 4.39 Å². The Kier molecular flexibility index (Phi) is 3.37. The van der Waals surface area contributed by atoms with Gasteiger partial charge < -0.3 is 4.90 Å². The highest BCUT2D eigenvalue weighted by Crippen LogP contribution is 2.47. The van der Waals surface area contributed by atoms with Gasteiger partial charge in [0.2, 0.25) is 5.95 Å². The Morgan fingerprint density at radius 3 is 2.91 bits per heavy atom. The lowest BCUT2D eigenvalue weighted by Gasteiger charge is -2.33. The zero-order valence-corrected chi connectivity index (χ0v) is 13.6. The maximum absolute atomic E-state index is 13.0. The molecule has 0 spiro atoms. The molecule has 0 aliphatic carbocycles. The van der Waals surface area contributed by atoms with Gasteiger partial charge >= 0.3 is 0 Å². The Balaban J connectivity index is 1.73. The average molecular weight is 335 g/mol. The minimum absolute atomic E-state index is 0.270. The summed E-state index contributed by atoms with van der Waals surface area (Å²) in [5.74, 6) is 1.56. The number of hydrogen-bond acceptors (Lipinski definition) is 7. The van der Waals surface area contributed by atoms with Crippen LogP contribution in [0.4, 0.5) is 10.3 Å². The van der Waals surface area contributed by atoms with E-state index in [1.165, 1.54) is 28.8 Å². The van der Waals surface area contributed by atoms with E-state index in [4.69, 9.17) is 4.99 Å². The van der Waals surface area contributed by atoms with Crippen LogP contribution in [-0.4, -0.2) is 38.2 Å². The molecule has 0 unspecified atom stereocenters. The predicted molar refractivity (Wildman–Crippen MR) is 87.1 cm³/mol. The number of thioether (sulfide) groups is 1. The fourth-order valence-corrected chi connectivity index (χ4v) is 4.99. The highest BCUT2D eigenvalue weighted by atomic mass is 32.2.